The summed E-state index contributed by atoms with van der Waals surface area (Å²) in [5.74, 6) is 0.696. The maximum Gasteiger partial charge on any atom is 0.197 e. The first-order valence-corrected chi connectivity index (χ1v) is 8.25. The zero-order chi connectivity index (χ0) is 15.4. The molecule has 1 aliphatic carbocycles. The highest BCUT2D eigenvalue weighted by molar-refractivity contribution is 4.98. The second-order valence-corrected chi connectivity index (χ2v) is 7.78. The van der Waals surface area contributed by atoms with Gasteiger partial charge in [-0.1, -0.05) is 0 Å². The van der Waals surface area contributed by atoms with Gasteiger partial charge in [-0.2, -0.15) is 0 Å². The van der Waals surface area contributed by atoms with E-state index >= 15 is 0 Å². The van der Waals surface area contributed by atoms with Crippen LogP contribution in [-0.4, -0.2) is 60.6 Å². The van der Waals surface area contributed by atoms with E-state index in [1.165, 1.54) is 4.90 Å². The molecule has 8 atom stereocenters. The van der Waals surface area contributed by atoms with Crippen molar-refractivity contribution in [1.29, 1.82) is 0 Å². The summed E-state index contributed by atoms with van der Waals surface area (Å²) < 4.78 is 12.1. The lowest BCUT2D eigenvalue weighted by atomic mass is 9.70. The molecule has 0 bridgehead atoms. The highest BCUT2D eigenvalue weighted by atomic mass is 16.5. The number of quaternary nitrogens is 1. The minimum atomic E-state index is -0.819. The second kappa shape index (κ2) is 5.46. The van der Waals surface area contributed by atoms with Crippen molar-refractivity contribution in [3.8, 4) is 0 Å². The number of aliphatic hydroxyl groups excluding tert-OH is 1. The van der Waals surface area contributed by atoms with Crippen molar-refractivity contribution in [2.45, 2.75) is 75.7 Å². The first-order valence-electron chi connectivity index (χ1n) is 8.25. The van der Waals surface area contributed by atoms with Crippen LogP contribution in [0.5, 0.6) is 0 Å². The fourth-order valence-electron chi connectivity index (χ4n) is 4.90. The van der Waals surface area contributed by atoms with Gasteiger partial charge in [-0.05, 0) is 33.1 Å². The summed E-state index contributed by atoms with van der Waals surface area (Å²) in [6, 6.07) is 0.486. The van der Waals surface area contributed by atoms with Gasteiger partial charge in [-0.15, -0.1) is 0 Å². The molecule has 2 aliphatic heterocycles. The summed E-state index contributed by atoms with van der Waals surface area (Å²) in [4.78, 5) is 1.40. The first-order chi connectivity index (χ1) is 9.82. The molecule has 3 fully saturated rings. The molecule has 2 saturated heterocycles. The van der Waals surface area contributed by atoms with Crippen molar-refractivity contribution in [3.63, 3.8) is 0 Å². The van der Waals surface area contributed by atoms with Crippen LogP contribution in [-0.2, 0) is 9.47 Å². The van der Waals surface area contributed by atoms with Gasteiger partial charge in [-0.3, -0.25) is 0 Å². The maximum atomic E-state index is 10.3. The molecule has 0 spiro atoms. The minimum Gasteiger partial charge on any atom is -0.393 e. The molecular formula is C16H30NO4+. The Hall–Kier alpha value is -0.200. The number of nitrogens with one attached hydrogen (secondary N) is 1. The Labute approximate surface area is 127 Å². The Balaban J connectivity index is 1.85. The normalized spacial score (nSPS) is 50.6. The van der Waals surface area contributed by atoms with Crippen LogP contribution in [0.3, 0.4) is 0 Å². The Bertz CT molecular complexity index is 383. The molecule has 5 heteroatoms. The predicted octanol–water partition coefficient (Wildman–Crippen LogP) is -0.439. The number of methoxy groups -OCH3 is 1. The molecule has 3 aliphatic rings. The van der Waals surface area contributed by atoms with E-state index in [0.29, 0.717) is 17.9 Å². The van der Waals surface area contributed by atoms with Crippen LogP contribution >= 0.6 is 0 Å². The molecular weight excluding hydrogens is 270 g/mol. The monoisotopic (exact) mass is 300 g/mol. The van der Waals surface area contributed by atoms with Crippen molar-refractivity contribution >= 4 is 0 Å². The molecule has 7 unspecified atom stereocenters. The number of aliphatic hydroxyl groups is 2. The lowest BCUT2D eigenvalue weighted by molar-refractivity contribution is -0.968. The van der Waals surface area contributed by atoms with E-state index in [1.807, 2.05) is 13.8 Å². The molecule has 21 heavy (non-hydrogen) atoms. The van der Waals surface area contributed by atoms with E-state index in [1.54, 1.807) is 7.11 Å². The van der Waals surface area contributed by atoms with Gasteiger partial charge in [0.25, 0.3) is 0 Å². The van der Waals surface area contributed by atoms with Crippen LogP contribution in [0.1, 0.15) is 39.5 Å². The lowest BCUT2D eigenvalue weighted by Gasteiger charge is -2.49. The van der Waals surface area contributed by atoms with E-state index in [-0.39, 0.29) is 24.5 Å². The molecule has 2 heterocycles. The largest absolute Gasteiger partial charge is 0.393 e. The maximum absolute atomic E-state index is 10.3. The third-order valence-electron chi connectivity index (χ3n) is 6.00. The van der Waals surface area contributed by atoms with E-state index < -0.39 is 5.60 Å². The van der Waals surface area contributed by atoms with Crippen molar-refractivity contribution in [1.82, 2.24) is 0 Å². The zero-order valence-corrected chi connectivity index (χ0v) is 13.6. The fraction of sp³-hybridized carbons (Fsp3) is 1.00. The predicted molar refractivity (Wildman–Crippen MR) is 77.9 cm³/mol. The number of ether oxygens (including phenoxy) is 2. The summed E-state index contributed by atoms with van der Waals surface area (Å²) >= 11 is 0. The van der Waals surface area contributed by atoms with E-state index in [0.717, 1.165) is 25.7 Å². The highest BCUT2D eigenvalue weighted by Crippen LogP contribution is 2.42. The van der Waals surface area contributed by atoms with Crippen molar-refractivity contribution < 1.29 is 24.6 Å². The smallest absolute Gasteiger partial charge is 0.197 e. The Morgan fingerprint density at radius 2 is 1.90 bits per heavy atom. The minimum absolute atomic E-state index is 0.0999. The van der Waals surface area contributed by atoms with Gasteiger partial charge in [-0.25, -0.2) is 0 Å². The summed E-state index contributed by atoms with van der Waals surface area (Å²) in [7, 11) is 3.98. The molecule has 122 valence electrons. The third-order valence-corrected chi connectivity index (χ3v) is 6.00. The van der Waals surface area contributed by atoms with Gasteiger partial charge in [0, 0.05) is 19.4 Å². The average molecular weight is 300 g/mol. The molecule has 3 rings (SSSR count). The average Bonchev–Trinajstić information content (AvgIpc) is 2.84. The van der Waals surface area contributed by atoms with Gasteiger partial charge < -0.3 is 24.6 Å². The Kier molecular flexibility index (Phi) is 4.08. The van der Waals surface area contributed by atoms with Crippen molar-refractivity contribution in [2.75, 3.05) is 14.2 Å². The number of hydrogen-bond acceptors (Lipinski definition) is 4. The molecule has 0 aromatic heterocycles. The molecule has 3 N–H and O–H groups in total. The Morgan fingerprint density at radius 3 is 2.52 bits per heavy atom. The van der Waals surface area contributed by atoms with Gasteiger partial charge in [0.05, 0.1) is 42.9 Å². The van der Waals surface area contributed by atoms with E-state index in [2.05, 4.69) is 7.05 Å². The summed E-state index contributed by atoms with van der Waals surface area (Å²) in [6.07, 6.45) is 3.47. The Morgan fingerprint density at radius 1 is 1.19 bits per heavy atom. The fourth-order valence-corrected chi connectivity index (χ4v) is 4.90. The molecule has 1 saturated carbocycles. The van der Waals surface area contributed by atoms with Crippen molar-refractivity contribution in [3.05, 3.63) is 0 Å². The zero-order valence-electron chi connectivity index (χ0n) is 13.6. The topological polar surface area (TPSA) is 63.4 Å². The van der Waals surface area contributed by atoms with E-state index in [4.69, 9.17) is 9.47 Å². The number of piperidine rings is 1. The summed E-state index contributed by atoms with van der Waals surface area (Å²) in [6.45, 7) is 3.64. The number of likely N-dealkylation sites (tertiary alicyclic amines) is 1. The van der Waals surface area contributed by atoms with Gasteiger partial charge in [0.15, 0.2) is 6.23 Å². The molecule has 5 nitrogen and oxygen atoms in total. The van der Waals surface area contributed by atoms with Gasteiger partial charge >= 0.3 is 0 Å². The third kappa shape index (κ3) is 2.63. The number of hydrogen-bond donors (Lipinski definition) is 3. The van der Waals surface area contributed by atoms with Crippen LogP contribution in [0.15, 0.2) is 0 Å². The number of fused-ring (bicyclic) bond motifs is 2. The van der Waals surface area contributed by atoms with E-state index in [9.17, 15) is 10.2 Å². The lowest BCUT2D eigenvalue weighted by Crippen LogP contribution is -3.20. The van der Waals surface area contributed by atoms with Crippen LogP contribution in [0.2, 0.25) is 0 Å². The molecule has 0 aromatic carbocycles. The van der Waals surface area contributed by atoms with Gasteiger partial charge in [0.2, 0.25) is 0 Å². The summed E-state index contributed by atoms with van der Waals surface area (Å²) in [5.41, 5.74) is -0.819. The summed E-state index contributed by atoms with van der Waals surface area (Å²) in [5, 5.41) is 20.3. The quantitative estimate of drug-likeness (QED) is 0.647. The van der Waals surface area contributed by atoms with Crippen LogP contribution in [0.4, 0.5) is 0 Å². The van der Waals surface area contributed by atoms with Crippen LogP contribution in [0, 0.1) is 11.8 Å². The second-order valence-electron chi connectivity index (χ2n) is 7.78. The van der Waals surface area contributed by atoms with Gasteiger partial charge in [0.1, 0.15) is 0 Å². The van der Waals surface area contributed by atoms with Crippen LogP contribution in [0.25, 0.3) is 0 Å². The molecule has 0 radical (unpaired) electrons. The highest BCUT2D eigenvalue weighted by Gasteiger charge is 2.58. The first kappa shape index (κ1) is 15.7. The molecule has 0 aromatic rings. The standard InChI is InChI=1S/C16H29NO4/c1-16(2,19)13-8-11-14(20-4)10-7-9(18)5-6-12(10)17(3)15(11)21-13/h9-15,18-19H,5-8H2,1-4H3/p+1/t9?,10?,11?,12?,13-,14?,15?/m0/s1. The van der Waals surface area contributed by atoms with Crippen LogP contribution < -0.4 is 4.90 Å². The van der Waals surface area contributed by atoms with Crippen molar-refractivity contribution in [2.24, 2.45) is 11.8 Å². The molecule has 0 amide bonds. The number of rotatable bonds is 2. The SMILES string of the molecule is COC1C2CC(O)CCC2[NH+](C)C2O[C@H](C(C)(C)O)CC12.